The summed E-state index contributed by atoms with van der Waals surface area (Å²) in [7, 11) is 0. The first-order valence-corrected chi connectivity index (χ1v) is 8.83. The molecule has 1 heterocycles. The average Bonchev–Trinajstić information content (AvgIpc) is 3.00. The van der Waals surface area contributed by atoms with Crippen LogP contribution in [0.25, 0.3) is 0 Å². The summed E-state index contributed by atoms with van der Waals surface area (Å²) in [5.74, 6) is 0.962. The highest BCUT2D eigenvalue weighted by Gasteiger charge is 2.28. The van der Waals surface area contributed by atoms with Gasteiger partial charge in [0.2, 0.25) is 5.91 Å². The van der Waals surface area contributed by atoms with E-state index in [1.807, 2.05) is 50.2 Å². The molecule has 0 saturated carbocycles. The first-order valence-electron chi connectivity index (χ1n) is 7.95. The van der Waals surface area contributed by atoms with E-state index >= 15 is 0 Å². The highest BCUT2D eigenvalue weighted by molar-refractivity contribution is 8.01. The van der Waals surface area contributed by atoms with Gasteiger partial charge >= 0.3 is 0 Å². The Morgan fingerprint density at radius 1 is 1.26 bits per heavy atom. The number of nitrogens with one attached hydrogen (secondary N) is 1. The third-order valence-corrected chi connectivity index (χ3v) is 5.31. The van der Waals surface area contributed by atoms with E-state index < -0.39 is 0 Å². The zero-order valence-electron chi connectivity index (χ0n) is 13.4. The maximum absolute atomic E-state index is 12.5. The summed E-state index contributed by atoms with van der Waals surface area (Å²) < 4.78 is 5.45. The molecule has 0 bridgehead atoms. The van der Waals surface area contributed by atoms with Crippen LogP contribution in [0.5, 0.6) is 5.75 Å². The van der Waals surface area contributed by atoms with Crippen LogP contribution in [0.2, 0.25) is 0 Å². The minimum absolute atomic E-state index is 0.0116. The lowest BCUT2D eigenvalue weighted by molar-refractivity contribution is -0.121. The summed E-state index contributed by atoms with van der Waals surface area (Å²) in [5, 5.41) is 3.09. The van der Waals surface area contributed by atoms with Crippen LogP contribution in [0.4, 0.5) is 0 Å². The molecule has 120 valence electrons. The fourth-order valence-electron chi connectivity index (χ4n) is 2.74. The topological polar surface area (TPSA) is 38.3 Å². The van der Waals surface area contributed by atoms with Crippen LogP contribution in [0, 0.1) is 0 Å². The molecule has 4 heteroatoms. The largest absolute Gasteiger partial charge is 0.494 e. The molecule has 1 aliphatic heterocycles. The van der Waals surface area contributed by atoms with Gasteiger partial charge in [-0.1, -0.05) is 30.3 Å². The number of carbonyl (C=O) groups is 1. The van der Waals surface area contributed by atoms with Crippen molar-refractivity contribution in [3.63, 3.8) is 0 Å². The standard InChI is InChI=1S/C19H21NO2S/c1-3-22-16-10-8-14(9-11-16)13(2)20-19(21)18-12-15-6-4-5-7-17(15)23-18/h4-11,13,18H,3,12H2,1-2H3,(H,20,21). The van der Waals surface area contributed by atoms with Gasteiger partial charge in [-0.2, -0.15) is 0 Å². The highest BCUT2D eigenvalue weighted by atomic mass is 32.2. The molecule has 1 amide bonds. The third-order valence-electron chi connectivity index (χ3n) is 3.99. The smallest absolute Gasteiger partial charge is 0.234 e. The Bertz CT molecular complexity index is 659. The van der Waals surface area contributed by atoms with Gasteiger partial charge in [-0.05, 0) is 49.6 Å². The Kier molecular flexibility index (Phi) is 4.91. The van der Waals surface area contributed by atoms with Crippen molar-refractivity contribution in [3.05, 3.63) is 59.7 Å². The van der Waals surface area contributed by atoms with E-state index in [1.165, 1.54) is 10.5 Å². The van der Waals surface area contributed by atoms with E-state index in [1.54, 1.807) is 11.8 Å². The van der Waals surface area contributed by atoms with Crippen LogP contribution in [-0.4, -0.2) is 17.8 Å². The summed E-state index contributed by atoms with van der Waals surface area (Å²) in [5.41, 5.74) is 2.36. The number of amides is 1. The number of hydrogen-bond acceptors (Lipinski definition) is 3. The second-order valence-electron chi connectivity index (χ2n) is 5.65. The Morgan fingerprint density at radius 2 is 2.00 bits per heavy atom. The highest BCUT2D eigenvalue weighted by Crippen LogP contribution is 2.37. The lowest BCUT2D eigenvalue weighted by Crippen LogP contribution is -2.34. The molecular formula is C19H21NO2S. The normalized spacial score (nSPS) is 17.4. The van der Waals surface area contributed by atoms with E-state index in [4.69, 9.17) is 4.74 Å². The maximum atomic E-state index is 12.5. The van der Waals surface area contributed by atoms with E-state index in [0.29, 0.717) is 6.61 Å². The van der Waals surface area contributed by atoms with Gasteiger partial charge in [0.15, 0.2) is 0 Å². The van der Waals surface area contributed by atoms with Gasteiger partial charge in [-0.3, -0.25) is 4.79 Å². The molecule has 0 radical (unpaired) electrons. The van der Waals surface area contributed by atoms with Crippen LogP contribution in [-0.2, 0) is 11.2 Å². The summed E-state index contributed by atoms with van der Waals surface area (Å²) >= 11 is 1.66. The third kappa shape index (κ3) is 3.70. The maximum Gasteiger partial charge on any atom is 0.234 e. The van der Waals surface area contributed by atoms with Crippen molar-refractivity contribution in [2.24, 2.45) is 0 Å². The summed E-state index contributed by atoms with van der Waals surface area (Å²) in [4.78, 5) is 13.7. The number of carbonyl (C=O) groups excluding carboxylic acids is 1. The zero-order valence-corrected chi connectivity index (χ0v) is 14.2. The molecule has 23 heavy (non-hydrogen) atoms. The van der Waals surface area contributed by atoms with E-state index in [2.05, 4.69) is 17.4 Å². The quantitative estimate of drug-likeness (QED) is 0.903. The number of ether oxygens (including phenoxy) is 1. The van der Waals surface area contributed by atoms with E-state index in [0.717, 1.165) is 17.7 Å². The second kappa shape index (κ2) is 7.09. The van der Waals surface area contributed by atoms with Crippen LogP contribution in [0.15, 0.2) is 53.4 Å². The van der Waals surface area contributed by atoms with Crippen molar-refractivity contribution in [3.8, 4) is 5.75 Å². The lowest BCUT2D eigenvalue weighted by atomic mass is 10.1. The molecular weight excluding hydrogens is 306 g/mol. The molecule has 1 aliphatic rings. The van der Waals surface area contributed by atoms with Crippen molar-refractivity contribution in [1.29, 1.82) is 0 Å². The van der Waals surface area contributed by atoms with Gasteiger partial charge in [0, 0.05) is 4.90 Å². The van der Waals surface area contributed by atoms with Gasteiger partial charge in [-0.15, -0.1) is 11.8 Å². The monoisotopic (exact) mass is 327 g/mol. The second-order valence-corrected chi connectivity index (χ2v) is 6.90. The SMILES string of the molecule is CCOc1ccc(C(C)NC(=O)C2Cc3ccccc3S2)cc1. The Labute approximate surface area is 141 Å². The molecule has 1 N–H and O–H groups in total. The molecule has 0 fully saturated rings. The summed E-state index contributed by atoms with van der Waals surface area (Å²) in [6.45, 7) is 4.64. The summed E-state index contributed by atoms with van der Waals surface area (Å²) in [6.07, 6.45) is 0.808. The fourth-order valence-corrected chi connectivity index (χ4v) is 3.94. The molecule has 0 aliphatic carbocycles. The number of hydrogen-bond donors (Lipinski definition) is 1. The predicted octanol–water partition coefficient (Wildman–Crippen LogP) is 3.98. The van der Waals surface area contributed by atoms with Crippen molar-refractivity contribution < 1.29 is 9.53 Å². The first kappa shape index (κ1) is 15.9. The average molecular weight is 327 g/mol. The number of benzene rings is 2. The molecule has 2 atom stereocenters. The van der Waals surface area contributed by atoms with Crippen LogP contribution in [0.1, 0.15) is 31.0 Å². The predicted molar refractivity (Wildman–Crippen MR) is 94.0 cm³/mol. The zero-order chi connectivity index (χ0) is 16.2. The number of fused-ring (bicyclic) bond motifs is 1. The molecule has 0 aromatic heterocycles. The van der Waals surface area contributed by atoms with Crippen LogP contribution < -0.4 is 10.1 Å². The van der Waals surface area contributed by atoms with Gasteiger partial charge in [0.1, 0.15) is 5.75 Å². The van der Waals surface area contributed by atoms with Gasteiger partial charge < -0.3 is 10.1 Å². The Balaban J connectivity index is 1.60. The van der Waals surface area contributed by atoms with Crippen LogP contribution in [0.3, 0.4) is 0 Å². The van der Waals surface area contributed by atoms with E-state index in [9.17, 15) is 4.79 Å². The summed E-state index contributed by atoms with van der Waals surface area (Å²) in [6, 6.07) is 16.1. The van der Waals surface area contributed by atoms with Gasteiger partial charge in [-0.25, -0.2) is 0 Å². The molecule has 2 unspecified atom stereocenters. The Hall–Kier alpha value is -1.94. The molecule has 0 spiro atoms. The number of thioether (sulfide) groups is 1. The van der Waals surface area contributed by atoms with E-state index in [-0.39, 0.29) is 17.2 Å². The molecule has 2 aromatic carbocycles. The van der Waals surface area contributed by atoms with Crippen molar-refractivity contribution in [2.75, 3.05) is 6.61 Å². The minimum atomic E-state index is -0.0300. The fraction of sp³-hybridized carbons (Fsp3) is 0.316. The van der Waals surface area contributed by atoms with Crippen molar-refractivity contribution in [1.82, 2.24) is 5.32 Å². The molecule has 2 aromatic rings. The minimum Gasteiger partial charge on any atom is -0.494 e. The number of rotatable bonds is 5. The Morgan fingerprint density at radius 3 is 2.70 bits per heavy atom. The van der Waals surface area contributed by atoms with Crippen molar-refractivity contribution in [2.45, 2.75) is 36.5 Å². The van der Waals surface area contributed by atoms with Gasteiger partial charge in [0.25, 0.3) is 0 Å². The molecule has 3 rings (SSSR count). The van der Waals surface area contributed by atoms with Crippen LogP contribution >= 0.6 is 11.8 Å². The lowest BCUT2D eigenvalue weighted by Gasteiger charge is -2.17. The molecule has 3 nitrogen and oxygen atoms in total. The van der Waals surface area contributed by atoms with Crippen molar-refractivity contribution >= 4 is 17.7 Å². The van der Waals surface area contributed by atoms with Gasteiger partial charge in [0.05, 0.1) is 17.9 Å². The molecule has 0 saturated heterocycles. The first-order chi connectivity index (χ1) is 11.2.